The highest BCUT2D eigenvalue weighted by Gasteiger charge is 2.07. The zero-order valence-electron chi connectivity index (χ0n) is 11.2. The van der Waals surface area contributed by atoms with Crippen LogP contribution in [-0.2, 0) is 6.42 Å². The molecule has 2 aromatic carbocycles. The van der Waals surface area contributed by atoms with Gasteiger partial charge in [-0.25, -0.2) is 4.39 Å². The van der Waals surface area contributed by atoms with Crippen molar-refractivity contribution in [3.63, 3.8) is 0 Å². The van der Waals surface area contributed by atoms with Crippen molar-refractivity contribution in [2.45, 2.75) is 19.4 Å². The van der Waals surface area contributed by atoms with Crippen molar-refractivity contribution in [3.05, 3.63) is 59.9 Å². The van der Waals surface area contributed by atoms with E-state index in [1.165, 1.54) is 18.7 Å². The average molecular weight is 259 g/mol. The van der Waals surface area contributed by atoms with Gasteiger partial charge in [-0.2, -0.15) is 0 Å². The maximum atomic E-state index is 13.6. The fourth-order valence-electron chi connectivity index (χ4n) is 2.06. The van der Waals surface area contributed by atoms with Crippen molar-refractivity contribution in [3.8, 4) is 5.75 Å². The SMILES string of the molecule is COc1ccc(NC(C)Cc2ccccc2)cc1F. The Labute approximate surface area is 113 Å². The van der Waals surface area contributed by atoms with Gasteiger partial charge in [0.25, 0.3) is 0 Å². The molecule has 0 spiro atoms. The standard InChI is InChI=1S/C16H18FNO/c1-12(10-13-6-4-3-5-7-13)18-14-8-9-16(19-2)15(17)11-14/h3-9,11-12,18H,10H2,1-2H3. The Kier molecular flexibility index (Phi) is 4.39. The maximum absolute atomic E-state index is 13.6. The summed E-state index contributed by atoms with van der Waals surface area (Å²) in [5.74, 6) is -0.0827. The predicted octanol–water partition coefficient (Wildman–Crippen LogP) is 3.88. The fourth-order valence-corrected chi connectivity index (χ4v) is 2.06. The molecule has 3 heteroatoms. The number of hydrogen-bond donors (Lipinski definition) is 1. The predicted molar refractivity (Wildman–Crippen MR) is 76.2 cm³/mol. The van der Waals surface area contributed by atoms with Gasteiger partial charge in [0.05, 0.1) is 7.11 Å². The van der Waals surface area contributed by atoms with E-state index in [2.05, 4.69) is 24.4 Å². The lowest BCUT2D eigenvalue weighted by Crippen LogP contribution is -2.18. The van der Waals surface area contributed by atoms with Crippen LogP contribution in [-0.4, -0.2) is 13.2 Å². The summed E-state index contributed by atoms with van der Waals surface area (Å²) in [5.41, 5.74) is 2.03. The minimum absolute atomic E-state index is 0.232. The zero-order chi connectivity index (χ0) is 13.7. The first kappa shape index (κ1) is 13.4. The first-order valence-electron chi connectivity index (χ1n) is 6.33. The molecular weight excluding hydrogens is 241 g/mol. The van der Waals surface area contributed by atoms with E-state index in [9.17, 15) is 4.39 Å². The highest BCUT2D eigenvalue weighted by Crippen LogP contribution is 2.21. The van der Waals surface area contributed by atoms with Crippen molar-refractivity contribution in [1.29, 1.82) is 0 Å². The van der Waals surface area contributed by atoms with Crippen LogP contribution in [0.5, 0.6) is 5.75 Å². The number of ether oxygens (including phenoxy) is 1. The van der Waals surface area contributed by atoms with E-state index in [1.807, 2.05) is 24.3 Å². The summed E-state index contributed by atoms with van der Waals surface area (Å²) in [6, 6.07) is 15.4. The molecule has 19 heavy (non-hydrogen) atoms. The largest absolute Gasteiger partial charge is 0.494 e. The van der Waals surface area contributed by atoms with E-state index in [-0.39, 0.29) is 17.6 Å². The van der Waals surface area contributed by atoms with Crippen LogP contribution in [0.3, 0.4) is 0 Å². The molecule has 0 aliphatic heterocycles. The first-order chi connectivity index (χ1) is 9.19. The summed E-state index contributed by atoms with van der Waals surface area (Å²) in [7, 11) is 1.46. The molecule has 0 aliphatic rings. The van der Waals surface area contributed by atoms with E-state index < -0.39 is 0 Å². The Morgan fingerprint density at radius 3 is 2.53 bits per heavy atom. The molecule has 0 amide bonds. The summed E-state index contributed by atoms with van der Waals surface area (Å²) in [6.07, 6.45) is 0.897. The summed E-state index contributed by atoms with van der Waals surface area (Å²) in [4.78, 5) is 0. The van der Waals surface area contributed by atoms with E-state index in [1.54, 1.807) is 6.07 Å². The van der Waals surface area contributed by atoms with Gasteiger partial charge in [0.15, 0.2) is 11.6 Å². The Morgan fingerprint density at radius 1 is 1.16 bits per heavy atom. The molecule has 100 valence electrons. The van der Waals surface area contributed by atoms with Gasteiger partial charge in [-0.1, -0.05) is 30.3 Å². The van der Waals surface area contributed by atoms with E-state index in [0.717, 1.165) is 12.1 Å². The van der Waals surface area contributed by atoms with Crippen LogP contribution >= 0.6 is 0 Å². The lowest BCUT2D eigenvalue weighted by Gasteiger charge is -2.16. The number of anilines is 1. The molecule has 0 radical (unpaired) electrons. The molecule has 1 unspecified atom stereocenters. The zero-order valence-corrected chi connectivity index (χ0v) is 11.2. The molecule has 1 atom stereocenters. The molecule has 0 saturated carbocycles. The quantitative estimate of drug-likeness (QED) is 0.880. The van der Waals surface area contributed by atoms with Crippen LogP contribution < -0.4 is 10.1 Å². The molecule has 0 aliphatic carbocycles. The van der Waals surface area contributed by atoms with Crippen LogP contribution in [0.15, 0.2) is 48.5 Å². The molecule has 2 rings (SSSR count). The van der Waals surface area contributed by atoms with Gasteiger partial charge in [0.1, 0.15) is 0 Å². The maximum Gasteiger partial charge on any atom is 0.167 e. The van der Waals surface area contributed by atoms with Gasteiger partial charge in [-0.05, 0) is 31.0 Å². The fraction of sp³-hybridized carbons (Fsp3) is 0.250. The number of nitrogens with one attached hydrogen (secondary N) is 1. The highest BCUT2D eigenvalue weighted by molar-refractivity contribution is 5.48. The lowest BCUT2D eigenvalue weighted by atomic mass is 10.1. The number of benzene rings is 2. The van der Waals surface area contributed by atoms with Gasteiger partial charge in [-0.3, -0.25) is 0 Å². The van der Waals surface area contributed by atoms with Gasteiger partial charge in [0, 0.05) is 17.8 Å². The van der Waals surface area contributed by atoms with Crippen molar-refractivity contribution in [2.24, 2.45) is 0 Å². The topological polar surface area (TPSA) is 21.3 Å². The average Bonchev–Trinajstić information content (AvgIpc) is 2.40. The molecule has 0 aromatic heterocycles. The van der Waals surface area contributed by atoms with Crippen LogP contribution in [0, 0.1) is 5.82 Å². The van der Waals surface area contributed by atoms with Crippen molar-refractivity contribution in [2.75, 3.05) is 12.4 Å². The van der Waals surface area contributed by atoms with E-state index in [0.29, 0.717) is 0 Å². The van der Waals surface area contributed by atoms with Crippen LogP contribution in [0.2, 0.25) is 0 Å². The van der Waals surface area contributed by atoms with Gasteiger partial charge in [0.2, 0.25) is 0 Å². The highest BCUT2D eigenvalue weighted by atomic mass is 19.1. The van der Waals surface area contributed by atoms with Crippen molar-refractivity contribution >= 4 is 5.69 Å². The molecule has 1 N–H and O–H groups in total. The second kappa shape index (κ2) is 6.23. The molecule has 0 fully saturated rings. The van der Waals surface area contributed by atoms with E-state index >= 15 is 0 Å². The number of methoxy groups -OCH3 is 1. The van der Waals surface area contributed by atoms with E-state index in [4.69, 9.17) is 4.74 Å². The Hall–Kier alpha value is -2.03. The first-order valence-corrected chi connectivity index (χ1v) is 6.33. The molecule has 2 aromatic rings. The lowest BCUT2D eigenvalue weighted by molar-refractivity contribution is 0.386. The summed E-state index contributed by atoms with van der Waals surface area (Å²) in [6.45, 7) is 2.08. The number of hydrogen-bond acceptors (Lipinski definition) is 2. The summed E-state index contributed by atoms with van der Waals surface area (Å²) < 4.78 is 18.5. The van der Waals surface area contributed by atoms with Gasteiger partial charge in [-0.15, -0.1) is 0 Å². The molecule has 0 bridgehead atoms. The molecular formula is C16H18FNO. The smallest absolute Gasteiger partial charge is 0.167 e. The molecule has 0 heterocycles. The second-order valence-electron chi connectivity index (χ2n) is 4.58. The number of halogens is 1. The third-order valence-corrected chi connectivity index (χ3v) is 2.95. The number of rotatable bonds is 5. The third-order valence-electron chi connectivity index (χ3n) is 2.95. The normalized spacial score (nSPS) is 11.9. The Morgan fingerprint density at radius 2 is 1.89 bits per heavy atom. The summed E-state index contributed by atoms with van der Waals surface area (Å²) >= 11 is 0. The minimum atomic E-state index is -0.348. The van der Waals surface area contributed by atoms with Crippen molar-refractivity contribution in [1.82, 2.24) is 0 Å². The van der Waals surface area contributed by atoms with Crippen molar-refractivity contribution < 1.29 is 9.13 Å². The minimum Gasteiger partial charge on any atom is -0.494 e. The molecule has 0 saturated heterocycles. The monoisotopic (exact) mass is 259 g/mol. The van der Waals surface area contributed by atoms with Gasteiger partial charge < -0.3 is 10.1 Å². The van der Waals surface area contributed by atoms with Crippen LogP contribution in [0.1, 0.15) is 12.5 Å². The summed E-state index contributed by atoms with van der Waals surface area (Å²) in [5, 5.41) is 3.29. The second-order valence-corrected chi connectivity index (χ2v) is 4.58. The molecule has 2 nitrogen and oxygen atoms in total. The Balaban J connectivity index is 1.99. The van der Waals surface area contributed by atoms with Crippen LogP contribution in [0.4, 0.5) is 10.1 Å². The Bertz CT molecular complexity index is 528. The van der Waals surface area contributed by atoms with Gasteiger partial charge >= 0.3 is 0 Å². The third kappa shape index (κ3) is 3.71. The van der Waals surface area contributed by atoms with Crippen LogP contribution in [0.25, 0.3) is 0 Å².